The summed E-state index contributed by atoms with van der Waals surface area (Å²) in [7, 11) is 0. The summed E-state index contributed by atoms with van der Waals surface area (Å²) in [5, 5.41) is 4.47. The molecule has 0 spiro atoms. The third-order valence-electron chi connectivity index (χ3n) is 3.36. The molecular weight excluding hydrogens is 242 g/mol. The van der Waals surface area contributed by atoms with E-state index in [1.165, 1.54) is 24.8 Å². The van der Waals surface area contributed by atoms with Crippen LogP contribution < -0.4 is 5.32 Å². The molecule has 1 aromatic carbocycles. The first-order valence-electron chi connectivity index (χ1n) is 7.11. The van der Waals surface area contributed by atoms with Gasteiger partial charge in [-0.05, 0) is 55.8 Å². The van der Waals surface area contributed by atoms with Gasteiger partial charge in [-0.15, -0.1) is 0 Å². The van der Waals surface area contributed by atoms with Gasteiger partial charge in [0.25, 0.3) is 0 Å². The smallest absolute Gasteiger partial charge is 0.0406 e. The number of nitrogens with one attached hydrogen (secondary N) is 1. The van der Waals surface area contributed by atoms with Crippen LogP contribution in [-0.4, -0.2) is 12.6 Å². The number of hydrogen-bond donors (Lipinski definition) is 1. The first-order chi connectivity index (χ1) is 8.63. The van der Waals surface area contributed by atoms with Gasteiger partial charge in [0.1, 0.15) is 0 Å². The van der Waals surface area contributed by atoms with Crippen LogP contribution in [0.15, 0.2) is 24.3 Å². The van der Waals surface area contributed by atoms with Crippen LogP contribution in [0, 0.1) is 5.92 Å². The molecule has 1 atom stereocenters. The second-order valence-corrected chi connectivity index (χ2v) is 5.76. The highest BCUT2D eigenvalue weighted by atomic mass is 35.5. The maximum atomic E-state index is 5.88. The van der Waals surface area contributed by atoms with Gasteiger partial charge in [0, 0.05) is 11.1 Å². The summed E-state index contributed by atoms with van der Waals surface area (Å²) in [6, 6.07) is 8.87. The number of benzene rings is 1. The fraction of sp³-hybridized carbons (Fsp3) is 0.625. The predicted octanol–water partition coefficient (Wildman–Crippen LogP) is 4.69. The van der Waals surface area contributed by atoms with Crippen LogP contribution in [0.25, 0.3) is 0 Å². The van der Waals surface area contributed by atoms with Gasteiger partial charge in [0.05, 0.1) is 0 Å². The average molecular weight is 268 g/mol. The van der Waals surface area contributed by atoms with E-state index in [0.717, 1.165) is 18.0 Å². The molecule has 102 valence electrons. The molecule has 0 saturated heterocycles. The summed E-state index contributed by atoms with van der Waals surface area (Å²) < 4.78 is 0. The van der Waals surface area contributed by atoms with E-state index in [0.29, 0.717) is 12.0 Å². The second kappa shape index (κ2) is 8.55. The third-order valence-corrected chi connectivity index (χ3v) is 3.61. The quantitative estimate of drug-likeness (QED) is 0.721. The van der Waals surface area contributed by atoms with Crippen molar-refractivity contribution in [3.8, 4) is 0 Å². The third kappa shape index (κ3) is 5.88. The summed E-state index contributed by atoms with van der Waals surface area (Å²) in [6.07, 6.45) is 4.84. The molecule has 0 bridgehead atoms. The van der Waals surface area contributed by atoms with E-state index in [1.54, 1.807) is 0 Å². The van der Waals surface area contributed by atoms with Crippen molar-refractivity contribution in [3.63, 3.8) is 0 Å². The molecule has 2 heteroatoms. The van der Waals surface area contributed by atoms with Gasteiger partial charge in [0.2, 0.25) is 0 Å². The molecule has 1 rings (SSSR count). The molecule has 0 fully saturated rings. The number of hydrogen-bond acceptors (Lipinski definition) is 1. The Hall–Kier alpha value is -0.530. The molecule has 1 unspecified atom stereocenters. The summed E-state index contributed by atoms with van der Waals surface area (Å²) in [5.41, 5.74) is 1.39. The van der Waals surface area contributed by atoms with Crippen molar-refractivity contribution in [2.45, 2.75) is 52.5 Å². The molecule has 0 aliphatic carbocycles. The van der Waals surface area contributed by atoms with E-state index in [1.807, 2.05) is 12.1 Å². The molecule has 0 amide bonds. The van der Waals surface area contributed by atoms with Crippen LogP contribution >= 0.6 is 11.6 Å². The molecule has 0 aliphatic rings. The zero-order valence-corrected chi connectivity index (χ0v) is 12.6. The summed E-state index contributed by atoms with van der Waals surface area (Å²) in [5.74, 6) is 0.710. The van der Waals surface area contributed by atoms with Crippen LogP contribution in [0.2, 0.25) is 5.02 Å². The predicted molar refractivity (Wildman–Crippen MR) is 81.3 cm³/mol. The van der Waals surface area contributed by atoms with Gasteiger partial charge >= 0.3 is 0 Å². The molecule has 1 aromatic rings. The number of rotatable bonds is 8. The van der Waals surface area contributed by atoms with Crippen molar-refractivity contribution in [2.75, 3.05) is 6.54 Å². The van der Waals surface area contributed by atoms with Crippen molar-refractivity contribution in [3.05, 3.63) is 34.9 Å². The van der Waals surface area contributed by atoms with Gasteiger partial charge in [-0.25, -0.2) is 0 Å². The van der Waals surface area contributed by atoms with Crippen LogP contribution in [0.4, 0.5) is 0 Å². The molecule has 0 aliphatic heterocycles. The van der Waals surface area contributed by atoms with Crippen LogP contribution in [0.5, 0.6) is 0 Å². The molecular formula is C16H26ClN. The van der Waals surface area contributed by atoms with E-state index < -0.39 is 0 Å². The zero-order chi connectivity index (χ0) is 13.4. The van der Waals surface area contributed by atoms with Gasteiger partial charge in [-0.1, -0.05) is 44.5 Å². The van der Waals surface area contributed by atoms with Crippen molar-refractivity contribution < 1.29 is 0 Å². The second-order valence-electron chi connectivity index (χ2n) is 5.32. The van der Waals surface area contributed by atoms with E-state index in [-0.39, 0.29) is 0 Å². The minimum absolute atomic E-state index is 0.650. The van der Waals surface area contributed by atoms with Crippen LogP contribution in [0.1, 0.15) is 45.6 Å². The highest BCUT2D eigenvalue weighted by Crippen LogP contribution is 2.14. The molecule has 0 heterocycles. The Morgan fingerprint density at radius 3 is 2.39 bits per heavy atom. The normalized spacial score (nSPS) is 12.9. The van der Waals surface area contributed by atoms with Gasteiger partial charge in [-0.3, -0.25) is 0 Å². The summed E-state index contributed by atoms with van der Waals surface area (Å²) >= 11 is 5.88. The Balaban J connectivity index is 2.31. The molecule has 1 N–H and O–H groups in total. The lowest BCUT2D eigenvalue weighted by Gasteiger charge is -2.22. The van der Waals surface area contributed by atoms with Crippen LogP contribution in [0.3, 0.4) is 0 Å². The topological polar surface area (TPSA) is 12.0 Å². The van der Waals surface area contributed by atoms with Crippen molar-refractivity contribution >= 4 is 11.6 Å². The van der Waals surface area contributed by atoms with Crippen LogP contribution in [-0.2, 0) is 6.42 Å². The maximum Gasteiger partial charge on any atom is 0.0406 e. The fourth-order valence-electron chi connectivity index (χ4n) is 2.18. The van der Waals surface area contributed by atoms with Crippen molar-refractivity contribution in [1.82, 2.24) is 5.32 Å². The highest BCUT2D eigenvalue weighted by Gasteiger charge is 2.11. The molecule has 1 nitrogen and oxygen atoms in total. The van der Waals surface area contributed by atoms with E-state index >= 15 is 0 Å². The molecule has 0 aromatic heterocycles. The molecule has 18 heavy (non-hydrogen) atoms. The Kier molecular flexibility index (Phi) is 7.38. The summed E-state index contributed by atoms with van der Waals surface area (Å²) in [4.78, 5) is 0. The van der Waals surface area contributed by atoms with Gasteiger partial charge in [0.15, 0.2) is 0 Å². The van der Waals surface area contributed by atoms with Crippen molar-refractivity contribution in [1.29, 1.82) is 0 Å². The molecule has 0 saturated carbocycles. The van der Waals surface area contributed by atoms with Gasteiger partial charge in [-0.2, -0.15) is 0 Å². The minimum atomic E-state index is 0.650. The Bertz CT molecular complexity index is 318. The molecule has 0 radical (unpaired) electrons. The monoisotopic (exact) mass is 267 g/mol. The lowest BCUT2D eigenvalue weighted by Crippen LogP contribution is -2.34. The highest BCUT2D eigenvalue weighted by molar-refractivity contribution is 6.30. The first-order valence-corrected chi connectivity index (χ1v) is 7.49. The Morgan fingerprint density at radius 1 is 1.17 bits per heavy atom. The standard InChI is InChI=1S/C16H26ClN/c1-4-12-18-16(13(2)3)7-5-6-14-8-10-15(17)11-9-14/h8-11,13,16,18H,4-7,12H2,1-3H3. The average Bonchev–Trinajstić information content (AvgIpc) is 2.35. The zero-order valence-electron chi connectivity index (χ0n) is 11.9. The minimum Gasteiger partial charge on any atom is -0.314 e. The van der Waals surface area contributed by atoms with Crippen molar-refractivity contribution in [2.24, 2.45) is 5.92 Å². The maximum absolute atomic E-state index is 5.88. The fourth-order valence-corrected chi connectivity index (χ4v) is 2.30. The SMILES string of the molecule is CCCNC(CCCc1ccc(Cl)cc1)C(C)C. The summed E-state index contributed by atoms with van der Waals surface area (Å²) in [6.45, 7) is 7.95. The Labute approximate surface area is 117 Å². The number of halogens is 1. The van der Waals surface area contributed by atoms with E-state index in [4.69, 9.17) is 11.6 Å². The largest absolute Gasteiger partial charge is 0.314 e. The van der Waals surface area contributed by atoms with E-state index in [9.17, 15) is 0 Å². The van der Waals surface area contributed by atoms with E-state index in [2.05, 4.69) is 38.2 Å². The Morgan fingerprint density at radius 2 is 1.83 bits per heavy atom. The van der Waals surface area contributed by atoms with Gasteiger partial charge < -0.3 is 5.32 Å². The lowest BCUT2D eigenvalue weighted by atomic mass is 9.96. The number of aryl methyl sites for hydroxylation is 1. The first kappa shape index (κ1) is 15.5. The lowest BCUT2D eigenvalue weighted by molar-refractivity contribution is 0.370.